The van der Waals surface area contributed by atoms with Crippen LogP contribution in [0.5, 0.6) is 0 Å². The summed E-state index contributed by atoms with van der Waals surface area (Å²) in [5.41, 5.74) is -2.79. The third-order valence-electron chi connectivity index (χ3n) is 2.62. The van der Waals surface area contributed by atoms with Gasteiger partial charge in [0.15, 0.2) is 23.3 Å². The second kappa shape index (κ2) is 5.12. The van der Waals surface area contributed by atoms with Gasteiger partial charge in [0.05, 0.1) is 12.2 Å². The van der Waals surface area contributed by atoms with Gasteiger partial charge in [-0.25, -0.2) is 26.9 Å². The normalized spacial score (nSPS) is 10.9. The molecule has 1 heterocycles. The van der Waals surface area contributed by atoms with Gasteiger partial charge in [-0.3, -0.25) is 0 Å². The number of hydrogen-bond donors (Lipinski definition) is 1. The van der Waals surface area contributed by atoms with Crippen LogP contribution < -0.4 is 0 Å². The molecule has 0 saturated carbocycles. The minimum atomic E-state index is -2.35. The maximum absolute atomic E-state index is 13.6. The van der Waals surface area contributed by atoms with Gasteiger partial charge < -0.3 is 5.11 Å². The van der Waals surface area contributed by atoms with Crippen molar-refractivity contribution in [3.05, 3.63) is 52.9 Å². The van der Waals surface area contributed by atoms with Crippen molar-refractivity contribution in [1.82, 2.24) is 4.98 Å². The molecule has 0 aliphatic carbocycles. The largest absolute Gasteiger partial charge is 0.392 e. The van der Waals surface area contributed by atoms with Crippen molar-refractivity contribution in [2.75, 3.05) is 0 Å². The molecule has 1 aromatic carbocycles. The Morgan fingerprint density at radius 3 is 1.80 bits per heavy atom. The van der Waals surface area contributed by atoms with Gasteiger partial charge in [0.25, 0.3) is 0 Å². The minimum absolute atomic E-state index is 0.360. The first kappa shape index (κ1) is 14.3. The van der Waals surface area contributed by atoms with E-state index in [9.17, 15) is 26.3 Å². The lowest BCUT2D eigenvalue weighted by molar-refractivity contribution is 0.281. The Kier molecular flexibility index (Phi) is 3.67. The van der Waals surface area contributed by atoms with E-state index in [-0.39, 0.29) is 5.56 Å². The number of nitrogens with zero attached hydrogens (tertiary/aromatic N) is 1. The fraction of sp³-hybridized carbons (Fsp3) is 0.0833. The van der Waals surface area contributed by atoms with Crippen molar-refractivity contribution in [3.63, 3.8) is 0 Å². The minimum Gasteiger partial charge on any atom is -0.392 e. The summed E-state index contributed by atoms with van der Waals surface area (Å²) >= 11 is 0. The number of halogens is 6. The average molecular weight is 293 g/mol. The lowest BCUT2D eigenvalue weighted by Gasteiger charge is -2.11. The summed E-state index contributed by atoms with van der Waals surface area (Å²) in [5, 5.41) is 8.98. The van der Waals surface area contributed by atoms with Crippen molar-refractivity contribution in [2.45, 2.75) is 6.61 Å². The smallest absolute Gasteiger partial charge is 0.221 e. The van der Waals surface area contributed by atoms with E-state index in [0.717, 1.165) is 12.3 Å². The molecule has 0 bridgehead atoms. The lowest BCUT2D eigenvalue weighted by atomic mass is 10.00. The molecular weight excluding hydrogens is 288 g/mol. The van der Waals surface area contributed by atoms with Crippen LogP contribution in [-0.4, -0.2) is 10.1 Å². The molecule has 2 nitrogen and oxygen atoms in total. The second-order valence-corrected chi connectivity index (χ2v) is 3.74. The van der Waals surface area contributed by atoms with Crippen LogP contribution in [0.1, 0.15) is 5.56 Å². The van der Waals surface area contributed by atoms with Crippen molar-refractivity contribution in [3.8, 4) is 11.1 Å². The van der Waals surface area contributed by atoms with Crippen LogP contribution in [0.25, 0.3) is 11.1 Å². The van der Waals surface area contributed by atoms with Gasteiger partial charge in [0.2, 0.25) is 11.8 Å². The monoisotopic (exact) mass is 293 g/mol. The second-order valence-electron chi connectivity index (χ2n) is 3.74. The fourth-order valence-corrected chi connectivity index (χ4v) is 1.69. The quantitative estimate of drug-likeness (QED) is 0.399. The van der Waals surface area contributed by atoms with E-state index in [2.05, 4.69) is 4.98 Å². The molecule has 0 saturated heterocycles. The van der Waals surface area contributed by atoms with E-state index in [1.165, 1.54) is 0 Å². The van der Waals surface area contributed by atoms with Crippen LogP contribution in [-0.2, 0) is 6.61 Å². The highest BCUT2D eigenvalue weighted by molar-refractivity contribution is 5.68. The molecule has 0 unspecified atom stereocenters. The Morgan fingerprint density at radius 1 is 0.800 bits per heavy atom. The molecule has 1 N–H and O–H groups in total. The molecule has 0 amide bonds. The third kappa shape index (κ3) is 2.01. The topological polar surface area (TPSA) is 33.1 Å². The molecule has 106 valence electrons. The molecule has 0 aliphatic rings. The number of aliphatic hydroxyl groups excluding tert-OH is 1. The molecule has 0 aliphatic heterocycles. The first-order chi connectivity index (χ1) is 9.40. The predicted molar refractivity (Wildman–Crippen MR) is 55.3 cm³/mol. The number of aliphatic hydroxyl groups is 1. The van der Waals surface area contributed by atoms with Crippen LogP contribution in [0.2, 0.25) is 0 Å². The number of aromatic nitrogens is 1. The van der Waals surface area contributed by atoms with Crippen LogP contribution >= 0.6 is 0 Å². The Balaban J connectivity index is 2.91. The van der Waals surface area contributed by atoms with Crippen LogP contribution in [0, 0.1) is 35.0 Å². The van der Waals surface area contributed by atoms with Gasteiger partial charge in [-0.2, -0.15) is 4.39 Å². The summed E-state index contributed by atoms with van der Waals surface area (Å²) < 4.78 is 79.8. The van der Waals surface area contributed by atoms with Crippen molar-refractivity contribution in [1.29, 1.82) is 0 Å². The van der Waals surface area contributed by atoms with Gasteiger partial charge in [-0.05, 0) is 11.6 Å². The first-order valence-corrected chi connectivity index (χ1v) is 5.16. The number of pyridine rings is 1. The van der Waals surface area contributed by atoms with Gasteiger partial charge in [0, 0.05) is 11.8 Å². The summed E-state index contributed by atoms with van der Waals surface area (Å²) in [6.07, 6.45) is 0.885. The van der Waals surface area contributed by atoms with Crippen molar-refractivity contribution >= 4 is 0 Å². The highest BCUT2D eigenvalue weighted by Gasteiger charge is 2.29. The zero-order chi connectivity index (χ0) is 15.0. The highest BCUT2D eigenvalue weighted by Crippen LogP contribution is 2.34. The molecule has 2 aromatic rings. The van der Waals surface area contributed by atoms with Crippen LogP contribution in [0.15, 0.2) is 12.3 Å². The van der Waals surface area contributed by atoms with Crippen molar-refractivity contribution in [2.24, 2.45) is 0 Å². The Hall–Kier alpha value is -2.09. The van der Waals surface area contributed by atoms with Gasteiger partial charge in [-0.15, -0.1) is 0 Å². The lowest BCUT2D eigenvalue weighted by Crippen LogP contribution is -2.07. The van der Waals surface area contributed by atoms with E-state index >= 15 is 0 Å². The van der Waals surface area contributed by atoms with E-state index in [0.29, 0.717) is 0 Å². The number of benzene rings is 1. The fourth-order valence-electron chi connectivity index (χ4n) is 1.69. The van der Waals surface area contributed by atoms with E-state index in [1.807, 2.05) is 0 Å². The van der Waals surface area contributed by atoms with E-state index in [4.69, 9.17) is 5.11 Å². The first-order valence-electron chi connectivity index (χ1n) is 5.16. The number of hydrogen-bond acceptors (Lipinski definition) is 2. The van der Waals surface area contributed by atoms with Gasteiger partial charge in [-0.1, -0.05) is 0 Å². The Bertz CT molecular complexity index is 659. The summed E-state index contributed by atoms with van der Waals surface area (Å²) in [4.78, 5) is 3.08. The summed E-state index contributed by atoms with van der Waals surface area (Å²) in [5.74, 6) is -12.6. The Labute approximate surface area is 108 Å². The molecule has 1 aromatic heterocycles. The Morgan fingerprint density at radius 2 is 1.30 bits per heavy atom. The van der Waals surface area contributed by atoms with Crippen LogP contribution in [0.4, 0.5) is 26.3 Å². The molecular formula is C12H5F6NO. The molecule has 20 heavy (non-hydrogen) atoms. The summed E-state index contributed by atoms with van der Waals surface area (Å²) in [7, 11) is 0. The molecule has 8 heteroatoms. The van der Waals surface area contributed by atoms with Crippen molar-refractivity contribution < 1.29 is 31.4 Å². The maximum Gasteiger partial charge on any atom is 0.221 e. The SMILES string of the molecule is OCc1ccnc(F)c1-c1c(F)c(F)c(F)c(F)c1F. The van der Waals surface area contributed by atoms with E-state index in [1.54, 1.807) is 0 Å². The summed E-state index contributed by atoms with van der Waals surface area (Å²) in [6.45, 7) is -0.867. The average Bonchev–Trinajstić information content (AvgIpc) is 2.44. The molecule has 2 rings (SSSR count). The maximum atomic E-state index is 13.6. The van der Waals surface area contributed by atoms with Gasteiger partial charge in [0.1, 0.15) is 0 Å². The van der Waals surface area contributed by atoms with Gasteiger partial charge >= 0.3 is 0 Å². The highest BCUT2D eigenvalue weighted by atomic mass is 19.2. The molecule has 0 fully saturated rings. The van der Waals surface area contributed by atoms with E-state index < -0.39 is 52.8 Å². The zero-order valence-electron chi connectivity index (χ0n) is 9.52. The molecule has 0 spiro atoms. The zero-order valence-corrected chi connectivity index (χ0v) is 9.52. The third-order valence-corrected chi connectivity index (χ3v) is 2.62. The predicted octanol–water partition coefficient (Wildman–Crippen LogP) is 3.08. The van der Waals surface area contributed by atoms with Crippen LogP contribution in [0.3, 0.4) is 0 Å². The molecule has 0 radical (unpaired) electrons. The number of rotatable bonds is 2. The molecule has 0 atom stereocenters. The summed E-state index contributed by atoms with van der Waals surface area (Å²) in [6, 6.07) is 0.996. The standard InChI is InChI=1S/C12H5F6NO/c13-7-6(8(14)10(16)11(17)9(7)15)5-4(3-20)1-2-19-12(5)18/h1-2,20H,3H2.